The number of methoxy groups -OCH3 is 1. The zero-order valence-electron chi connectivity index (χ0n) is 11.0. The Morgan fingerprint density at radius 1 is 1.33 bits per heavy atom. The lowest BCUT2D eigenvalue weighted by atomic mass is 10.0. The fourth-order valence-corrected chi connectivity index (χ4v) is 1.92. The van der Waals surface area contributed by atoms with Crippen molar-refractivity contribution < 1.29 is 9.53 Å². The smallest absolute Gasteiger partial charge is 0.328 e. The number of nitrogens with one attached hydrogen (secondary N) is 1. The Morgan fingerprint density at radius 3 is 2.44 bits per heavy atom. The highest BCUT2D eigenvalue weighted by Gasteiger charge is 2.23. The van der Waals surface area contributed by atoms with Crippen LogP contribution < -0.4 is 5.32 Å². The number of benzene rings is 1. The van der Waals surface area contributed by atoms with Gasteiger partial charge in [-0.2, -0.15) is 0 Å². The standard InChI is InChI=1S/C14H19NO2S/c1-10(2)13(14(16)17-3)15-12(18)9-11-7-5-4-6-8-11/h4-8,10,13H,9H2,1-3H3,(H,15,18)/t13-/m0/s1. The van der Waals surface area contributed by atoms with Gasteiger partial charge in [0, 0.05) is 6.42 Å². The molecule has 0 saturated heterocycles. The van der Waals surface area contributed by atoms with Crippen LogP contribution in [0, 0.1) is 5.92 Å². The summed E-state index contributed by atoms with van der Waals surface area (Å²) >= 11 is 5.28. The van der Waals surface area contributed by atoms with E-state index in [0.29, 0.717) is 11.4 Å². The van der Waals surface area contributed by atoms with Crippen molar-refractivity contribution in [3.8, 4) is 0 Å². The summed E-state index contributed by atoms with van der Waals surface area (Å²) in [6, 6.07) is 9.54. The molecule has 1 rings (SSSR count). The Labute approximate surface area is 114 Å². The van der Waals surface area contributed by atoms with Crippen LogP contribution in [0.2, 0.25) is 0 Å². The summed E-state index contributed by atoms with van der Waals surface area (Å²) < 4.78 is 4.76. The van der Waals surface area contributed by atoms with Crippen molar-refractivity contribution in [3.05, 3.63) is 35.9 Å². The van der Waals surface area contributed by atoms with E-state index in [9.17, 15) is 4.79 Å². The number of thiocarbonyl (C=S) groups is 1. The van der Waals surface area contributed by atoms with Crippen LogP contribution in [0.4, 0.5) is 0 Å². The highest BCUT2D eigenvalue weighted by atomic mass is 32.1. The van der Waals surface area contributed by atoms with E-state index in [-0.39, 0.29) is 17.9 Å². The molecular formula is C14H19NO2S. The van der Waals surface area contributed by atoms with E-state index in [2.05, 4.69) is 5.32 Å². The van der Waals surface area contributed by atoms with Crippen LogP contribution in [-0.4, -0.2) is 24.1 Å². The number of carbonyl (C=O) groups is 1. The fraction of sp³-hybridized carbons (Fsp3) is 0.429. The molecule has 0 unspecified atom stereocenters. The molecule has 1 aromatic rings. The van der Waals surface area contributed by atoms with Crippen molar-refractivity contribution in [2.45, 2.75) is 26.3 Å². The number of ether oxygens (including phenoxy) is 1. The van der Waals surface area contributed by atoms with E-state index >= 15 is 0 Å². The van der Waals surface area contributed by atoms with Gasteiger partial charge in [0.2, 0.25) is 0 Å². The van der Waals surface area contributed by atoms with E-state index in [0.717, 1.165) is 5.56 Å². The van der Waals surface area contributed by atoms with Crippen LogP contribution in [0.15, 0.2) is 30.3 Å². The Balaban J connectivity index is 2.60. The van der Waals surface area contributed by atoms with Gasteiger partial charge in [-0.05, 0) is 11.5 Å². The maximum absolute atomic E-state index is 11.6. The summed E-state index contributed by atoms with van der Waals surface area (Å²) in [7, 11) is 1.39. The van der Waals surface area contributed by atoms with Crippen molar-refractivity contribution in [2.24, 2.45) is 5.92 Å². The molecule has 1 N–H and O–H groups in total. The molecule has 0 bridgehead atoms. The number of hydrogen-bond donors (Lipinski definition) is 1. The van der Waals surface area contributed by atoms with Crippen molar-refractivity contribution in [1.29, 1.82) is 0 Å². The predicted molar refractivity (Wildman–Crippen MR) is 76.5 cm³/mol. The lowest BCUT2D eigenvalue weighted by Gasteiger charge is -2.21. The van der Waals surface area contributed by atoms with Crippen LogP contribution in [-0.2, 0) is 16.0 Å². The highest BCUT2D eigenvalue weighted by molar-refractivity contribution is 7.80. The van der Waals surface area contributed by atoms with Gasteiger partial charge in [0.1, 0.15) is 6.04 Å². The first-order chi connectivity index (χ1) is 8.54. The summed E-state index contributed by atoms with van der Waals surface area (Å²) in [6.45, 7) is 3.92. The molecule has 0 heterocycles. The van der Waals surface area contributed by atoms with E-state index in [1.54, 1.807) is 0 Å². The molecule has 4 heteroatoms. The normalized spacial score (nSPS) is 12.0. The average Bonchev–Trinajstić information content (AvgIpc) is 2.36. The molecule has 1 aromatic carbocycles. The van der Waals surface area contributed by atoms with Gasteiger partial charge in [0.25, 0.3) is 0 Å². The summed E-state index contributed by atoms with van der Waals surface area (Å²) in [6.07, 6.45) is 0.635. The molecule has 3 nitrogen and oxygen atoms in total. The van der Waals surface area contributed by atoms with Gasteiger partial charge in [-0.3, -0.25) is 0 Å². The maximum Gasteiger partial charge on any atom is 0.328 e. The second-order valence-corrected chi connectivity index (χ2v) is 4.97. The molecule has 0 aromatic heterocycles. The van der Waals surface area contributed by atoms with Gasteiger partial charge in [-0.1, -0.05) is 56.4 Å². The van der Waals surface area contributed by atoms with Crippen molar-refractivity contribution in [3.63, 3.8) is 0 Å². The topological polar surface area (TPSA) is 38.3 Å². The molecule has 0 spiro atoms. The largest absolute Gasteiger partial charge is 0.467 e. The first-order valence-corrected chi connectivity index (χ1v) is 6.36. The molecule has 0 fully saturated rings. The van der Waals surface area contributed by atoms with Crippen LogP contribution in [0.5, 0.6) is 0 Å². The van der Waals surface area contributed by atoms with Crippen molar-refractivity contribution in [1.82, 2.24) is 5.32 Å². The number of hydrogen-bond acceptors (Lipinski definition) is 3. The Kier molecular flexibility index (Phi) is 5.78. The molecular weight excluding hydrogens is 246 g/mol. The SMILES string of the molecule is COC(=O)[C@@H](NC(=S)Cc1ccccc1)C(C)C. The molecule has 0 radical (unpaired) electrons. The van der Waals surface area contributed by atoms with E-state index in [1.165, 1.54) is 7.11 Å². The minimum absolute atomic E-state index is 0.131. The summed E-state index contributed by atoms with van der Waals surface area (Å²) in [5.74, 6) is -0.147. The minimum Gasteiger partial charge on any atom is -0.467 e. The predicted octanol–water partition coefficient (Wildman–Crippen LogP) is 2.34. The lowest BCUT2D eigenvalue weighted by Crippen LogP contribution is -2.44. The van der Waals surface area contributed by atoms with Gasteiger partial charge in [-0.25, -0.2) is 4.79 Å². The van der Waals surface area contributed by atoms with Crippen LogP contribution in [0.25, 0.3) is 0 Å². The minimum atomic E-state index is -0.383. The second-order valence-electron chi connectivity index (χ2n) is 4.47. The van der Waals surface area contributed by atoms with Gasteiger partial charge >= 0.3 is 5.97 Å². The molecule has 98 valence electrons. The third-order valence-electron chi connectivity index (χ3n) is 2.65. The van der Waals surface area contributed by atoms with Gasteiger partial charge < -0.3 is 10.1 Å². The van der Waals surface area contributed by atoms with Crippen LogP contribution >= 0.6 is 12.2 Å². The molecule has 0 saturated carbocycles. The summed E-state index contributed by atoms with van der Waals surface area (Å²) in [4.78, 5) is 12.3. The Hall–Kier alpha value is -1.42. The number of carbonyl (C=O) groups excluding carboxylic acids is 1. The first-order valence-electron chi connectivity index (χ1n) is 5.95. The van der Waals surface area contributed by atoms with Crippen molar-refractivity contribution >= 4 is 23.2 Å². The highest BCUT2D eigenvalue weighted by Crippen LogP contribution is 2.06. The average molecular weight is 265 g/mol. The molecule has 0 amide bonds. The fourth-order valence-electron chi connectivity index (χ4n) is 1.63. The van der Waals surface area contributed by atoms with Gasteiger partial charge in [-0.15, -0.1) is 0 Å². The second kappa shape index (κ2) is 7.11. The number of esters is 1. The van der Waals surface area contributed by atoms with E-state index in [4.69, 9.17) is 17.0 Å². The molecule has 0 aliphatic heterocycles. The maximum atomic E-state index is 11.6. The molecule has 0 aliphatic rings. The van der Waals surface area contributed by atoms with Crippen molar-refractivity contribution in [2.75, 3.05) is 7.11 Å². The Bertz CT molecular complexity index is 404. The van der Waals surface area contributed by atoms with Gasteiger partial charge in [0.05, 0.1) is 12.1 Å². The lowest BCUT2D eigenvalue weighted by molar-refractivity contribution is -0.143. The summed E-state index contributed by atoms with van der Waals surface area (Å²) in [5.41, 5.74) is 1.13. The molecule has 1 atom stereocenters. The van der Waals surface area contributed by atoms with Crippen LogP contribution in [0.1, 0.15) is 19.4 Å². The zero-order chi connectivity index (χ0) is 13.5. The first kappa shape index (κ1) is 14.6. The van der Waals surface area contributed by atoms with Crippen LogP contribution in [0.3, 0.4) is 0 Å². The molecule has 0 aliphatic carbocycles. The zero-order valence-corrected chi connectivity index (χ0v) is 11.8. The van der Waals surface area contributed by atoms with E-state index < -0.39 is 0 Å². The molecule has 18 heavy (non-hydrogen) atoms. The number of rotatable bonds is 5. The van der Waals surface area contributed by atoms with E-state index in [1.807, 2.05) is 44.2 Å². The quantitative estimate of drug-likeness (QED) is 0.655. The monoisotopic (exact) mass is 265 g/mol. The Morgan fingerprint density at radius 2 is 1.94 bits per heavy atom. The summed E-state index contributed by atoms with van der Waals surface area (Å²) in [5, 5.41) is 3.07. The third kappa shape index (κ3) is 4.45. The van der Waals surface area contributed by atoms with Gasteiger partial charge in [0.15, 0.2) is 0 Å². The third-order valence-corrected chi connectivity index (χ3v) is 2.91.